The van der Waals surface area contributed by atoms with Crippen LogP contribution >= 0.6 is 0 Å². The molecule has 94 valence electrons. The van der Waals surface area contributed by atoms with E-state index in [-0.39, 0.29) is 11.9 Å². The molecule has 3 N–H and O–H groups in total. The molecule has 1 rings (SSSR count). The normalized spacial score (nSPS) is 14.1. The Morgan fingerprint density at radius 1 is 1.59 bits per heavy atom. The molecule has 0 bridgehead atoms. The van der Waals surface area contributed by atoms with E-state index in [2.05, 4.69) is 10.3 Å². The molecule has 2 unspecified atom stereocenters. The summed E-state index contributed by atoms with van der Waals surface area (Å²) in [6, 6.07) is 3.27. The molecule has 6 heteroatoms. The van der Waals surface area contributed by atoms with E-state index in [1.54, 1.807) is 24.6 Å². The Labute approximate surface area is 103 Å². The van der Waals surface area contributed by atoms with Crippen LogP contribution in [-0.2, 0) is 17.3 Å². The van der Waals surface area contributed by atoms with Crippen molar-refractivity contribution in [1.29, 1.82) is 0 Å². The molecule has 0 aliphatic heterocycles. The van der Waals surface area contributed by atoms with Crippen molar-refractivity contribution in [3.8, 4) is 0 Å². The predicted octanol–water partition coefficient (Wildman–Crippen LogP) is 0.0371. The van der Waals surface area contributed by atoms with Gasteiger partial charge >= 0.3 is 0 Å². The van der Waals surface area contributed by atoms with E-state index in [4.69, 9.17) is 5.73 Å². The van der Waals surface area contributed by atoms with E-state index >= 15 is 0 Å². The molecule has 0 aromatic carbocycles. The van der Waals surface area contributed by atoms with Crippen LogP contribution in [0.25, 0.3) is 0 Å². The molecule has 1 aromatic heterocycles. The average Bonchev–Trinajstić information content (AvgIpc) is 2.28. The molecule has 1 amide bonds. The molecule has 0 saturated heterocycles. The van der Waals surface area contributed by atoms with Gasteiger partial charge in [0.1, 0.15) is 5.69 Å². The first-order chi connectivity index (χ1) is 8.02. The van der Waals surface area contributed by atoms with Crippen LogP contribution in [0.4, 0.5) is 0 Å². The predicted molar refractivity (Wildman–Crippen MR) is 68.0 cm³/mol. The number of aromatic nitrogens is 1. The van der Waals surface area contributed by atoms with Crippen molar-refractivity contribution in [2.75, 3.05) is 12.0 Å². The fourth-order valence-electron chi connectivity index (χ4n) is 1.37. The molecule has 0 aliphatic rings. The molecule has 0 radical (unpaired) electrons. The summed E-state index contributed by atoms with van der Waals surface area (Å²) >= 11 is 0. The van der Waals surface area contributed by atoms with Crippen molar-refractivity contribution in [3.05, 3.63) is 29.6 Å². The first kappa shape index (κ1) is 13.8. The zero-order valence-corrected chi connectivity index (χ0v) is 10.8. The summed E-state index contributed by atoms with van der Waals surface area (Å²) in [6.45, 7) is 2.22. The number of pyridine rings is 1. The monoisotopic (exact) mass is 255 g/mol. The number of amides is 1. The van der Waals surface area contributed by atoms with E-state index < -0.39 is 10.8 Å². The Bertz CT molecular complexity index is 406. The van der Waals surface area contributed by atoms with Crippen LogP contribution in [0.2, 0.25) is 0 Å². The van der Waals surface area contributed by atoms with Crippen molar-refractivity contribution in [2.24, 2.45) is 5.73 Å². The molecule has 1 heterocycles. The van der Waals surface area contributed by atoms with Crippen LogP contribution in [-0.4, -0.2) is 33.2 Å². The fourth-order valence-corrected chi connectivity index (χ4v) is 2.16. The highest BCUT2D eigenvalue weighted by Crippen LogP contribution is 2.00. The molecule has 0 saturated carbocycles. The van der Waals surface area contributed by atoms with Gasteiger partial charge in [0.05, 0.1) is 0 Å². The van der Waals surface area contributed by atoms with E-state index in [1.165, 1.54) is 0 Å². The Hall–Kier alpha value is -1.27. The minimum atomic E-state index is -0.925. The van der Waals surface area contributed by atoms with Crippen LogP contribution in [0.1, 0.15) is 23.0 Å². The number of carbonyl (C=O) groups excluding carboxylic acids is 1. The summed E-state index contributed by atoms with van der Waals surface area (Å²) in [7, 11) is -0.925. The van der Waals surface area contributed by atoms with Gasteiger partial charge in [-0.1, -0.05) is 6.07 Å². The Balaban J connectivity index is 2.60. The number of hydrogen-bond acceptors (Lipinski definition) is 4. The molecule has 1 aromatic rings. The lowest BCUT2D eigenvalue weighted by atomic mass is 10.2. The minimum absolute atomic E-state index is 0.135. The van der Waals surface area contributed by atoms with Crippen LogP contribution < -0.4 is 11.1 Å². The molecular weight excluding hydrogens is 238 g/mol. The summed E-state index contributed by atoms with van der Waals surface area (Å²) in [4.78, 5) is 15.7. The van der Waals surface area contributed by atoms with Gasteiger partial charge in [-0.2, -0.15) is 0 Å². The van der Waals surface area contributed by atoms with Gasteiger partial charge in [0, 0.05) is 41.6 Å². The number of nitrogens with zero attached hydrogens (tertiary/aromatic N) is 1. The Morgan fingerprint density at radius 2 is 2.29 bits per heavy atom. The molecule has 0 aliphatic carbocycles. The maximum absolute atomic E-state index is 11.7. The number of rotatable bonds is 5. The zero-order valence-electron chi connectivity index (χ0n) is 9.97. The lowest BCUT2D eigenvalue weighted by Gasteiger charge is -2.11. The third-order valence-electron chi connectivity index (χ3n) is 2.16. The smallest absolute Gasteiger partial charge is 0.270 e. The van der Waals surface area contributed by atoms with Gasteiger partial charge in [-0.3, -0.25) is 14.0 Å². The van der Waals surface area contributed by atoms with Gasteiger partial charge in [-0.05, 0) is 18.6 Å². The summed E-state index contributed by atoms with van der Waals surface area (Å²) in [5.74, 6) is 0.179. The van der Waals surface area contributed by atoms with Gasteiger partial charge in [-0.15, -0.1) is 0 Å². The third kappa shape index (κ3) is 4.62. The van der Waals surface area contributed by atoms with E-state index in [1.807, 2.05) is 6.92 Å². The van der Waals surface area contributed by atoms with Crippen LogP contribution in [0, 0.1) is 0 Å². The van der Waals surface area contributed by atoms with Crippen molar-refractivity contribution >= 4 is 16.7 Å². The van der Waals surface area contributed by atoms with Crippen LogP contribution in [0.15, 0.2) is 18.3 Å². The minimum Gasteiger partial charge on any atom is -0.347 e. The Kier molecular flexibility index (Phi) is 5.24. The first-order valence-electron chi connectivity index (χ1n) is 5.28. The van der Waals surface area contributed by atoms with E-state index in [0.29, 0.717) is 18.0 Å². The molecule has 2 atom stereocenters. The second-order valence-corrected chi connectivity index (χ2v) is 5.35. The fraction of sp³-hybridized carbons (Fsp3) is 0.455. The number of nitrogens with two attached hydrogens (primary N) is 1. The van der Waals surface area contributed by atoms with E-state index in [0.717, 1.165) is 5.56 Å². The van der Waals surface area contributed by atoms with Crippen molar-refractivity contribution < 1.29 is 9.00 Å². The lowest BCUT2D eigenvalue weighted by Crippen LogP contribution is -2.36. The number of hydrogen-bond donors (Lipinski definition) is 2. The largest absolute Gasteiger partial charge is 0.347 e. The summed E-state index contributed by atoms with van der Waals surface area (Å²) in [5, 5.41) is 2.74. The van der Waals surface area contributed by atoms with Gasteiger partial charge in [-0.25, -0.2) is 0 Å². The summed E-state index contributed by atoms with van der Waals surface area (Å²) in [6.07, 6.45) is 3.19. The summed E-state index contributed by atoms with van der Waals surface area (Å²) < 4.78 is 11.0. The lowest BCUT2D eigenvalue weighted by molar-refractivity contribution is 0.0938. The number of carbonyl (C=O) groups is 1. The zero-order chi connectivity index (χ0) is 12.8. The van der Waals surface area contributed by atoms with E-state index in [9.17, 15) is 9.00 Å². The third-order valence-corrected chi connectivity index (χ3v) is 3.12. The van der Waals surface area contributed by atoms with Gasteiger partial charge < -0.3 is 11.1 Å². The average molecular weight is 255 g/mol. The van der Waals surface area contributed by atoms with Gasteiger partial charge in [0.25, 0.3) is 5.91 Å². The molecule has 5 nitrogen and oxygen atoms in total. The highest BCUT2D eigenvalue weighted by Gasteiger charge is 2.11. The van der Waals surface area contributed by atoms with Crippen molar-refractivity contribution in [2.45, 2.75) is 19.5 Å². The molecule has 0 fully saturated rings. The molecule has 0 spiro atoms. The van der Waals surface area contributed by atoms with Crippen LogP contribution in [0.3, 0.4) is 0 Å². The second-order valence-electron chi connectivity index (χ2n) is 3.87. The Morgan fingerprint density at radius 3 is 2.76 bits per heavy atom. The van der Waals surface area contributed by atoms with Crippen LogP contribution in [0.5, 0.6) is 0 Å². The standard InChI is InChI=1S/C11H17N3O2S/c1-8(7-17(2)16)14-11(15)10-4-3-9(5-12)6-13-10/h3-4,6,8H,5,7,12H2,1-2H3,(H,14,15). The quantitative estimate of drug-likeness (QED) is 0.778. The van der Waals surface area contributed by atoms with Crippen molar-refractivity contribution in [1.82, 2.24) is 10.3 Å². The van der Waals surface area contributed by atoms with Crippen molar-refractivity contribution in [3.63, 3.8) is 0 Å². The summed E-state index contributed by atoms with van der Waals surface area (Å²) in [5.41, 5.74) is 6.66. The highest BCUT2D eigenvalue weighted by atomic mass is 32.2. The molecular formula is C11H17N3O2S. The maximum Gasteiger partial charge on any atom is 0.270 e. The van der Waals surface area contributed by atoms with Gasteiger partial charge in [0.2, 0.25) is 0 Å². The van der Waals surface area contributed by atoms with Gasteiger partial charge in [0.15, 0.2) is 0 Å². The number of nitrogens with one attached hydrogen (secondary N) is 1. The first-order valence-corrected chi connectivity index (χ1v) is 7.01. The highest BCUT2D eigenvalue weighted by molar-refractivity contribution is 7.84. The maximum atomic E-state index is 11.7. The second kappa shape index (κ2) is 6.46. The SMILES string of the molecule is CC(CS(C)=O)NC(=O)c1ccc(CN)cn1. The molecule has 17 heavy (non-hydrogen) atoms. The topological polar surface area (TPSA) is 85.1 Å².